The number of carbonyl (C=O) groups excluding carboxylic acids is 1. The Morgan fingerprint density at radius 3 is 2.68 bits per heavy atom. The number of para-hydroxylation sites is 1. The molecule has 3 rings (SSSR count). The first-order valence-electron chi connectivity index (χ1n) is 9.12. The summed E-state index contributed by atoms with van der Waals surface area (Å²) in [4.78, 5) is 12.7. The quantitative estimate of drug-likeness (QED) is 0.257. The molecule has 1 heterocycles. The Kier molecular flexibility index (Phi) is 7.71. The lowest BCUT2D eigenvalue weighted by Crippen LogP contribution is -2.31. The number of amides is 1. The molecule has 0 radical (unpaired) electrons. The highest BCUT2D eigenvalue weighted by atomic mass is 35.5. The summed E-state index contributed by atoms with van der Waals surface area (Å²) in [5, 5.41) is 11.0. The number of nitrogens with zero attached hydrogens (tertiary/aromatic N) is 3. The van der Waals surface area contributed by atoms with E-state index in [1.807, 2.05) is 6.92 Å². The van der Waals surface area contributed by atoms with E-state index in [1.54, 1.807) is 30.3 Å². The molecule has 2 aromatic carbocycles. The zero-order chi connectivity index (χ0) is 22.4. The number of nitrogens with one attached hydrogen (secondary N) is 1. The Morgan fingerprint density at radius 1 is 1.26 bits per heavy atom. The summed E-state index contributed by atoms with van der Waals surface area (Å²) in [5.41, 5.74) is 0.507. The molecule has 1 N–H and O–H groups in total. The molecule has 3 aromatic rings. The van der Waals surface area contributed by atoms with E-state index >= 15 is 0 Å². The number of sulfonamides is 1. The van der Waals surface area contributed by atoms with Gasteiger partial charge in [0.2, 0.25) is 5.13 Å². The third kappa shape index (κ3) is 5.45. The number of anilines is 2. The first-order chi connectivity index (χ1) is 14.9. The summed E-state index contributed by atoms with van der Waals surface area (Å²) < 4.78 is 28.6. The topological polar surface area (TPSA) is 92.3 Å². The number of halogens is 1. The SMILES string of the molecule is C=CCN(c1ccccc1)S(=O)(=O)c1ccc(Cl)c(C(=O)Nc2nnc(SCC)s2)c1. The summed E-state index contributed by atoms with van der Waals surface area (Å²) in [6, 6.07) is 12.7. The molecule has 0 fully saturated rings. The lowest BCUT2D eigenvalue weighted by molar-refractivity contribution is 0.102. The van der Waals surface area contributed by atoms with Crippen molar-refractivity contribution in [2.75, 3.05) is 21.9 Å². The molecule has 11 heteroatoms. The molecule has 31 heavy (non-hydrogen) atoms. The van der Waals surface area contributed by atoms with E-state index in [0.29, 0.717) is 10.8 Å². The van der Waals surface area contributed by atoms with Gasteiger partial charge in [-0.05, 0) is 36.1 Å². The summed E-state index contributed by atoms with van der Waals surface area (Å²) >= 11 is 8.94. The van der Waals surface area contributed by atoms with Crippen molar-refractivity contribution in [1.29, 1.82) is 0 Å². The van der Waals surface area contributed by atoms with E-state index in [-0.39, 0.29) is 22.0 Å². The van der Waals surface area contributed by atoms with Crippen molar-refractivity contribution in [2.24, 2.45) is 0 Å². The van der Waals surface area contributed by atoms with Crippen LogP contribution < -0.4 is 9.62 Å². The number of hydrogen-bond acceptors (Lipinski definition) is 7. The second-order valence-electron chi connectivity index (χ2n) is 6.06. The van der Waals surface area contributed by atoms with E-state index in [0.717, 1.165) is 10.1 Å². The lowest BCUT2D eigenvalue weighted by atomic mass is 10.2. The molecule has 0 aliphatic rings. The normalized spacial score (nSPS) is 11.2. The van der Waals surface area contributed by atoms with Crippen molar-refractivity contribution in [3.63, 3.8) is 0 Å². The molecule has 0 aliphatic heterocycles. The molecule has 1 amide bonds. The second kappa shape index (κ2) is 10.3. The number of benzene rings is 2. The van der Waals surface area contributed by atoms with Gasteiger partial charge in [0.1, 0.15) is 0 Å². The lowest BCUT2D eigenvalue weighted by Gasteiger charge is -2.23. The van der Waals surface area contributed by atoms with E-state index in [1.165, 1.54) is 51.7 Å². The molecule has 1 aromatic heterocycles. The van der Waals surface area contributed by atoms with Crippen LogP contribution in [0.15, 0.2) is 70.4 Å². The first kappa shape index (κ1) is 23.3. The molecule has 0 saturated carbocycles. The van der Waals surface area contributed by atoms with Crippen LogP contribution in [0.4, 0.5) is 10.8 Å². The summed E-state index contributed by atoms with van der Waals surface area (Å²) in [5.74, 6) is 0.262. The van der Waals surface area contributed by atoms with Gasteiger partial charge in [-0.15, -0.1) is 16.8 Å². The Morgan fingerprint density at radius 2 is 2.00 bits per heavy atom. The largest absolute Gasteiger partial charge is 0.296 e. The van der Waals surface area contributed by atoms with Crippen LogP contribution in [0.25, 0.3) is 0 Å². The smallest absolute Gasteiger partial charge is 0.264 e. The fraction of sp³-hybridized carbons (Fsp3) is 0.150. The Hall–Kier alpha value is -2.40. The minimum Gasteiger partial charge on any atom is -0.296 e. The van der Waals surface area contributed by atoms with Gasteiger partial charge in [0.25, 0.3) is 15.9 Å². The molecule has 0 atom stereocenters. The maximum absolute atomic E-state index is 13.3. The third-order valence-electron chi connectivity index (χ3n) is 4.00. The fourth-order valence-electron chi connectivity index (χ4n) is 2.63. The molecule has 0 unspecified atom stereocenters. The van der Waals surface area contributed by atoms with Crippen molar-refractivity contribution in [2.45, 2.75) is 16.2 Å². The van der Waals surface area contributed by atoms with Crippen LogP contribution in [0.2, 0.25) is 5.02 Å². The highest BCUT2D eigenvalue weighted by Crippen LogP contribution is 2.29. The van der Waals surface area contributed by atoms with E-state index in [2.05, 4.69) is 22.1 Å². The zero-order valence-electron chi connectivity index (χ0n) is 16.5. The molecule has 0 saturated heterocycles. The average molecular weight is 495 g/mol. The Labute approximate surface area is 194 Å². The van der Waals surface area contributed by atoms with Crippen LogP contribution in [-0.4, -0.2) is 36.8 Å². The molecule has 0 spiro atoms. The highest BCUT2D eigenvalue weighted by molar-refractivity contribution is 8.01. The number of hydrogen-bond donors (Lipinski definition) is 1. The van der Waals surface area contributed by atoms with Gasteiger partial charge in [-0.1, -0.05) is 65.9 Å². The van der Waals surface area contributed by atoms with E-state index < -0.39 is 15.9 Å². The number of thioether (sulfide) groups is 1. The van der Waals surface area contributed by atoms with Crippen LogP contribution in [0.1, 0.15) is 17.3 Å². The van der Waals surface area contributed by atoms with Crippen LogP contribution in [-0.2, 0) is 10.0 Å². The number of carbonyl (C=O) groups is 1. The maximum Gasteiger partial charge on any atom is 0.264 e. The van der Waals surface area contributed by atoms with Crippen molar-refractivity contribution >= 4 is 61.4 Å². The molecule has 0 bridgehead atoms. The van der Waals surface area contributed by atoms with Crippen LogP contribution in [0.5, 0.6) is 0 Å². The molecular formula is C20H19ClN4O3S3. The Bertz CT molecular complexity index is 1180. The molecule has 7 nitrogen and oxygen atoms in total. The summed E-state index contributed by atoms with van der Waals surface area (Å²) in [6.45, 7) is 5.71. The van der Waals surface area contributed by atoms with Gasteiger partial charge >= 0.3 is 0 Å². The van der Waals surface area contributed by atoms with Gasteiger partial charge < -0.3 is 0 Å². The second-order valence-corrected chi connectivity index (χ2v) is 10.8. The zero-order valence-corrected chi connectivity index (χ0v) is 19.7. The predicted molar refractivity (Wildman–Crippen MR) is 127 cm³/mol. The van der Waals surface area contributed by atoms with Crippen molar-refractivity contribution in [1.82, 2.24) is 10.2 Å². The minimum atomic E-state index is -3.97. The van der Waals surface area contributed by atoms with Crippen LogP contribution >= 0.6 is 34.7 Å². The van der Waals surface area contributed by atoms with Crippen LogP contribution in [0.3, 0.4) is 0 Å². The Balaban J connectivity index is 1.92. The van der Waals surface area contributed by atoms with Gasteiger partial charge in [-0.25, -0.2) is 8.42 Å². The first-order valence-corrected chi connectivity index (χ1v) is 12.7. The van der Waals surface area contributed by atoms with E-state index in [4.69, 9.17) is 11.6 Å². The van der Waals surface area contributed by atoms with Crippen molar-refractivity contribution in [3.05, 3.63) is 71.8 Å². The van der Waals surface area contributed by atoms with Gasteiger partial charge in [0, 0.05) is 0 Å². The predicted octanol–water partition coefficient (Wildman–Crippen LogP) is 4.94. The average Bonchev–Trinajstić information content (AvgIpc) is 3.19. The molecule has 162 valence electrons. The summed E-state index contributed by atoms with van der Waals surface area (Å²) in [6.07, 6.45) is 1.50. The maximum atomic E-state index is 13.3. The van der Waals surface area contributed by atoms with Crippen molar-refractivity contribution in [3.8, 4) is 0 Å². The summed E-state index contributed by atoms with van der Waals surface area (Å²) in [7, 11) is -3.97. The van der Waals surface area contributed by atoms with Gasteiger partial charge in [0.15, 0.2) is 4.34 Å². The fourth-order valence-corrected chi connectivity index (χ4v) is 5.94. The van der Waals surface area contributed by atoms with Gasteiger partial charge in [-0.2, -0.15) is 0 Å². The highest BCUT2D eigenvalue weighted by Gasteiger charge is 2.26. The third-order valence-corrected chi connectivity index (χ3v) is 7.98. The van der Waals surface area contributed by atoms with Crippen LogP contribution in [0, 0.1) is 0 Å². The number of rotatable bonds is 9. The van der Waals surface area contributed by atoms with Gasteiger partial charge in [-0.3, -0.25) is 14.4 Å². The standard InChI is InChI=1S/C20H19ClN4O3S3/c1-3-12-25(14-8-6-5-7-9-14)31(27,28)15-10-11-17(21)16(13-15)18(26)22-19-23-24-20(30-19)29-4-2/h3,5-11,13H,1,4,12H2,2H3,(H,22,23,26). The number of aromatic nitrogens is 2. The monoisotopic (exact) mass is 494 g/mol. The van der Waals surface area contributed by atoms with E-state index in [9.17, 15) is 13.2 Å². The van der Waals surface area contributed by atoms with Gasteiger partial charge in [0.05, 0.1) is 27.7 Å². The molecular weight excluding hydrogens is 476 g/mol. The van der Waals surface area contributed by atoms with Crippen molar-refractivity contribution < 1.29 is 13.2 Å². The molecule has 0 aliphatic carbocycles. The minimum absolute atomic E-state index is 0.0225.